The van der Waals surface area contributed by atoms with Gasteiger partial charge in [-0.25, -0.2) is 9.59 Å². The smallest absolute Gasteiger partial charge is 0.414 e. The Hall–Kier alpha value is -2.52. The van der Waals surface area contributed by atoms with E-state index in [2.05, 4.69) is 5.32 Å². The number of carboxylic acid groups (broad SMARTS) is 2. The molecule has 0 spiro atoms. The molecule has 9 heteroatoms. The van der Waals surface area contributed by atoms with Crippen LogP contribution in [-0.2, 0) is 20.9 Å². The molecule has 0 aliphatic rings. The fourth-order valence-electron chi connectivity index (χ4n) is 1.43. The number of hydrogen-bond donors (Lipinski definition) is 3. The minimum Gasteiger partial charge on any atom is -0.473 e. The van der Waals surface area contributed by atoms with Gasteiger partial charge in [0, 0.05) is 31.3 Å². The van der Waals surface area contributed by atoms with Gasteiger partial charge in [-0.15, -0.1) is 0 Å². The van der Waals surface area contributed by atoms with Crippen LogP contribution in [0.4, 0.5) is 5.69 Å². The Balaban J connectivity index is 0.000000626. The predicted octanol–water partition coefficient (Wildman–Crippen LogP) is 0.875. The van der Waals surface area contributed by atoms with E-state index in [1.165, 1.54) is 6.07 Å². The molecule has 0 saturated carbocycles. The van der Waals surface area contributed by atoms with E-state index < -0.39 is 11.9 Å². The maximum absolute atomic E-state index is 10.7. The number of nitrogens with zero attached hydrogens (tertiary/aromatic N) is 1. The number of nitrogens with one attached hydrogen (secondary N) is 1. The number of nitro groups is 1. The molecule has 22 heavy (non-hydrogen) atoms. The van der Waals surface area contributed by atoms with E-state index in [9.17, 15) is 10.1 Å². The highest BCUT2D eigenvalue weighted by Gasteiger charge is 2.12. The van der Waals surface area contributed by atoms with E-state index in [1.807, 2.05) is 6.92 Å². The van der Waals surface area contributed by atoms with Crippen LogP contribution in [0, 0.1) is 10.1 Å². The van der Waals surface area contributed by atoms with Gasteiger partial charge >= 0.3 is 11.9 Å². The average molecular weight is 314 g/mol. The monoisotopic (exact) mass is 314 g/mol. The lowest BCUT2D eigenvalue weighted by atomic mass is 10.1. The highest BCUT2D eigenvalue weighted by Crippen LogP contribution is 2.17. The third-order valence-corrected chi connectivity index (χ3v) is 2.43. The second-order valence-corrected chi connectivity index (χ2v) is 4.23. The Morgan fingerprint density at radius 3 is 2.32 bits per heavy atom. The molecule has 0 radical (unpaired) electrons. The number of nitro benzene ring substituents is 1. The Morgan fingerprint density at radius 2 is 1.86 bits per heavy atom. The molecule has 0 amide bonds. The van der Waals surface area contributed by atoms with E-state index in [0.717, 1.165) is 0 Å². The summed E-state index contributed by atoms with van der Waals surface area (Å²) in [5, 5.41) is 28.7. The van der Waals surface area contributed by atoms with Gasteiger partial charge in [0.2, 0.25) is 0 Å². The van der Waals surface area contributed by atoms with E-state index in [0.29, 0.717) is 18.7 Å². The highest BCUT2D eigenvalue weighted by atomic mass is 16.6. The fraction of sp³-hybridized carbons (Fsp3) is 0.385. The average Bonchev–Trinajstić information content (AvgIpc) is 2.46. The van der Waals surface area contributed by atoms with Crippen LogP contribution in [0.2, 0.25) is 0 Å². The number of benzene rings is 1. The second kappa shape index (κ2) is 10.2. The molecule has 0 fully saturated rings. The summed E-state index contributed by atoms with van der Waals surface area (Å²) in [6, 6.07) is 6.90. The lowest BCUT2D eigenvalue weighted by Crippen LogP contribution is -2.29. The van der Waals surface area contributed by atoms with Crippen LogP contribution in [0.3, 0.4) is 0 Å². The molecule has 1 aromatic rings. The summed E-state index contributed by atoms with van der Waals surface area (Å²) in [6.45, 7) is 3.03. The van der Waals surface area contributed by atoms with Gasteiger partial charge in [0.25, 0.3) is 5.69 Å². The number of hydrogen-bond acceptors (Lipinski definition) is 6. The van der Waals surface area contributed by atoms with Crippen LogP contribution in [0.5, 0.6) is 0 Å². The number of carbonyl (C=O) groups is 2. The zero-order valence-electron chi connectivity index (χ0n) is 12.2. The van der Waals surface area contributed by atoms with Crippen LogP contribution in [0.15, 0.2) is 24.3 Å². The molecule has 1 unspecified atom stereocenters. The first-order valence-corrected chi connectivity index (χ1v) is 6.20. The van der Waals surface area contributed by atoms with Crippen molar-refractivity contribution >= 4 is 17.6 Å². The van der Waals surface area contributed by atoms with Gasteiger partial charge in [-0.2, -0.15) is 0 Å². The summed E-state index contributed by atoms with van der Waals surface area (Å²) >= 11 is 0. The van der Waals surface area contributed by atoms with Crippen molar-refractivity contribution in [2.45, 2.75) is 19.5 Å². The molecule has 0 aliphatic heterocycles. The third-order valence-electron chi connectivity index (χ3n) is 2.43. The third kappa shape index (κ3) is 7.92. The molecule has 0 bridgehead atoms. The van der Waals surface area contributed by atoms with Crippen molar-refractivity contribution in [3.63, 3.8) is 0 Å². The summed E-state index contributed by atoms with van der Waals surface area (Å²) in [6.07, 6.45) is 0. The van der Waals surface area contributed by atoms with Gasteiger partial charge < -0.3 is 20.3 Å². The van der Waals surface area contributed by atoms with Crippen LogP contribution in [0.1, 0.15) is 12.5 Å². The van der Waals surface area contributed by atoms with Crippen molar-refractivity contribution in [3.8, 4) is 0 Å². The number of rotatable bonds is 6. The van der Waals surface area contributed by atoms with Gasteiger partial charge in [-0.3, -0.25) is 10.1 Å². The summed E-state index contributed by atoms with van der Waals surface area (Å²) < 4.78 is 4.97. The minimum absolute atomic E-state index is 0.152. The number of methoxy groups -OCH3 is 1. The largest absolute Gasteiger partial charge is 0.473 e. The molecule has 0 aromatic heterocycles. The van der Waals surface area contributed by atoms with Crippen molar-refractivity contribution in [1.29, 1.82) is 0 Å². The standard InChI is InChI=1S/C11H16N2O3.C2H2O4/c1-9(8-16-2)12-7-10-5-3-4-6-11(10)13(14)15;3-1(4)2(5)6/h3-6,9,12H,7-8H2,1-2H3;(H,3,4)(H,5,6). The molecule has 3 N–H and O–H groups in total. The van der Waals surface area contributed by atoms with E-state index in [1.54, 1.807) is 25.3 Å². The van der Waals surface area contributed by atoms with E-state index >= 15 is 0 Å². The first kappa shape index (κ1) is 19.5. The minimum atomic E-state index is -1.82. The van der Waals surface area contributed by atoms with Crippen LogP contribution in [-0.4, -0.2) is 46.8 Å². The SMILES string of the molecule is COCC(C)NCc1ccccc1[N+](=O)[O-].O=C(O)C(=O)O. The molecule has 0 heterocycles. The van der Waals surface area contributed by atoms with Crippen LogP contribution >= 0.6 is 0 Å². The van der Waals surface area contributed by atoms with Crippen molar-refractivity contribution in [3.05, 3.63) is 39.9 Å². The number of para-hydroxylation sites is 1. The summed E-state index contributed by atoms with van der Waals surface area (Å²) in [5.41, 5.74) is 0.843. The predicted molar refractivity (Wildman–Crippen MR) is 76.5 cm³/mol. The second-order valence-electron chi connectivity index (χ2n) is 4.23. The highest BCUT2D eigenvalue weighted by molar-refractivity contribution is 6.27. The lowest BCUT2D eigenvalue weighted by Gasteiger charge is -2.12. The molecule has 1 aromatic carbocycles. The maximum atomic E-state index is 10.7. The van der Waals surface area contributed by atoms with Crippen LogP contribution in [0.25, 0.3) is 0 Å². The zero-order valence-corrected chi connectivity index (χ0v) is 12.2. The molecular weight excluding hydrogens is 296 g/mol. The van der Waals surface area contributed by atoms with Crippen molar-refractivity contribution in [1.82, 2.24) is 5.32 Å². The van der Waals surface area contributed by atoms with Crippen molar-refractivity contribution in [2.75, 3.05) is 13.7 Å². The van der Waals surface area contributed by atoms with Gasteiger partial charge in [0.15, 0.2) is 0 Å². The van der Waals surface area contributed by atoms with Gasteiger partial charge in [0.1, 0.15) is 0 Å². The van der Waals surface area contributed by atoms with E-state index in [-0.39, 0.29) is 16.7 Å². The normalized spacial score (nSPS) is 11.0. The molecule has 1 atom stereocenters. The van der Waals surface area contributed by atoms with Crippen LogP contribution < -0.4 is 5.32 Å². The number of aliphatic carboxylic acids is 2. The Kier molecular flexibility index (Phi) is 9.07. The molecule has 9 nitrogen and oxygen atoms in total. The maximum Gasteiger partial charge on any atom is 0.414 e. The summed E-state index contributed by atoms with van der Waals surface area (Å²) in [5.74, 6) is -3.65. The summed E-state index contributed by atoms with van der Waals surface area (Å²) in [4.78, 5) is 28.6. The van der Waals surface area contributed by atoms with Gasteiger partial charge in [0.05, 0.1) is 11.5 Å². The number of carboxylic acids is 2. The van der Waals surface area contributed by atoms with Gasteiger partial charge in [-0.05, 0) is 6.92 Å². The Morgan fingerprint density at radius 1 is 1.32 bits per heavy atom. The molecule has 0 saturated heterocycles. The fourth-order valence-corrected chi connectivity index (χ4v) is 1.43. The first-order chi connectivity index (χ1) is 10.3. The summed E-state index contributed by atoms with van der Waals surface area (Å²) in [7, 11) is 1.63. The van der Waals surface area contributed by atoms with Crippen molar-refractivity contribution in [2.24, 2.45) is 0 Å². The Labute approximate surface area is 126 Å². The molecule has 122 valence electrons. The molecule has 1 rings (SSSR count). The molecular formula is C13H18N2O7. The zero-order chi connectivity index (χ0) is 17.1. The topological polar surface area (TPSA) is 139 Å². The van der Waals surface area contributed by atoms with Crippen molar-refractivity contribution < 1.29 is 29.5 Å². The molecule has 0 aliphatic carbocycles. The lowest BCUT2D eigenvalue weighted by molar-refractivity contribution is -0.385. The number of ether oxygens (including phenoxy) is 1. The van der Waals surface area contributed by atoms with E-state index in [4.69, 9.17) is 24.5 Å². The first-order valence-electron chi connectivity index (χ1n) is 6.20. The quantitative estimate of drug-likeness (QED) is 0.399. The Bertz CT molecular complexity index is 507. The van der Waals surface area contributed by atoms with Gasteiger partial charge in [-0.1, -0.05) is 18.2 Å².